The van der Waals surface area contributed by atoms with Crippen LogP contribution in [0.15, 0.2) is 0 Å². The van der Waals surface area contributed by atoms with Crippen LogP contribution in [-0.2, 0) is 0 Å². The first-order valence-electron chi connectivity index (χ1n) is 0.428. The van der Waals surface area contributed by atoms with Crippen molar-refractivity contribution in [3.8, 4) is 0 Å². The second-order valence-electron chi connectivity index (χ2n) is 0.0913. The fourth-order valence-electron chi connectivity index (χ4n) is 0. The molecule has 0 unspecified atom stereocenters. The molecule has 0 amide bonds. The van der Waals surface area contributed by atoms with Crippen LogP contribution in [-0.4, -0.2) is 56.5 Å². The average Bonchev–Trinajstić information content (AvgIpc) is 0.918. The molecule has 1 radical (unpaired) electrons. The maximum Gasteiger partial charge on any atom is 0 e. The molecule has 0 heterocycles. The van der Waals surface area contributed by atoms with E-state index in [-0.39, 0.29) is 57.5 Å². The Bertz CT molecular complexity index is 30.6. The van der Waals surface area contributed by atoms with E-state index in [1.54, 1.807) is 0 Å². The van der Waals surface area contributed by atoms with E-state index >= 15 is 0 Å². The van der Waals surface area contributed by atoms with Gasteiger partial charge in [0.05, 0.1) is 0 Å². The number of rotatable bonds is 0. The summed E-state index contributed by atoms with van der Waals surface area (Å²) < 4.78 is 0. The Kier molecular flexibility index (Phi) is 58.7. The summed E-state index contributed by atoms with van der Waals surface area (Å²) in [6, 6.07) is 0. The molecule has 0 saturated heterocycles. The van der Waals surface area contributed by atoms with Crippen molar-refractivity contribution in [2.24, 2.45) is 0 Å². The van der Waals surface area contributed by atoms with Crippen LogP contribution in [0.2, 0.25) is 0 Å². The maximum absolute atomic E-state index is 7.13. The minimum absolute atomic E-state index is 0. The van der Waals surface area contributed by atoms with Gasteiger partial charge in [0.2, 0.25) is 0 Å². The van der Waals surface area contributed by atoms with E-state index in [4.69, 9.17) is 5.41 Å². The number of hydrogen-bond donors (Lipinski definition) is 1. The van der Waals surface area contributed by atoms with Crippen LogP contribution in [0.4, 0.5) is 0 Å². The molecule has 0 spiro atoms. The van der Waals surface area contributed by atoms with E-state index < -0.39 is 0 Å². The van der Waals surface area contributed by atoms with Crippen molar-refractivity contribution >= 4 is 68.8 Å². The zero-order valence-electron chi connectivity index (χ0n) is 3.36. The van der Waals surface area contributed by atoms with Crippen molar-refractivity contribution in [2.45, 2.75) is 0 Å². The number of thiocarbonyl (C=S) groups is 1. The maximum atomic E-state index is 7.13. The molecule has 0 aromatic carbocycles. The molecule has 2 nitrogen and oxygen atoms in total. The van der Waals surface area contributed by atoms with Gasteiger partial charge in [0.15, 0.2) is 0 Å². The zero-order chi connectivity index (χ0) is 2.71. The quantitative estimate of drug-likeness (QED) is 0.281. The number of isothiocyanates is 1. The Hall–Kier alpha value is 1.40. The Labute approximate surface area is 78.8 Å². The van der Waals surface area contributed by atoms with Crippen molar-refractivity contribution in [2.75, 3.05) is 0 Å². The third kappa shape index (κ3) is 31.9. The molecule has 5 heavy (non-hydrogen) atoms. The van der Waals surface area contributed by atoms with Gasteiger partial charge in [-0.05, 0) is 0 Å². The molecule has 0 saturated carbocycles. The van der Waals surface area contributed by atoms with Gasteiger partial charge in [-0.15, -0.1) is 0 Å². The van der Waals surface area contributed by atoms with Crippen LogP contribution < -0.4 is 6.15 Å². The second-order valence-corrected chi connectivity index (χ2v) is 0.274. The summed E-state index contributed by atoms with van der Waals surface area (Å²) >= 11 is 3.70. The summed E-state index contributed by atoms with van der Waals surface area (Å²) in [5, 5.41) is 8.47. The monoisotopic (exact) mass is 115 g/mol. The molecular weight excluding hydrogens is 111 g/mol. The van der Waals surface area contributed by atoms with Crippen LogP contribution >= 0.6 is 12.2 Å². The molecule has 0 rings (SSSR count). The Morgan fingerprint density at radius 1 is 1.60 bits per heavy atom. The molecule has 25 valence electrons. The van der Waals surface area contributed by atoms with Crippen LogP contribution in [0.5, 0.6) is 0 Å². The van der Waals surface area contributed by atoms with Crippen molar-refractivity contribution < 1.29 is 0 Å². The van der Waals surface area contributed by atoms with Crippen molar-refractivity contribution in [3.63, 3.8) is 0 Å². The first kappa shape index (κ1) is 16.1. The fourth-order valence-corrected chi connectivity index (χ4v) is 0. The summed E-state index contributed by atoms with van der Waals surface area (Å²) in [5.74, 6) is 0. The van der Waals surface area contributed by atoms with Crippen molar-refractivity contribution in [1.29, 1.82) is 0 Å². The smallest absolute Gasteiger partial charge is 0 e. The normalized spacial score (nSPS) is 1.60. The third-order valence-corrected chi connectivity index (χ3v) is 0. The summed E-state index contributed by atoms with van der Waals surface area (Å²) in [4.78, 5) is 0. The van der Waals surface area contributed by atoms with Gasteiger partial charge in [-0.2, -0.15) is 5.16 Å². The van der Waals surface area contributed by atoms with Gasteiger partial charge in [-0.3, -0.25) is 0 Å². The van der Waals surface area contributed by atoms with Crippen LogP contribution in [0.25, 0.3) is 5.41 Å². The van der Waals surface area contributed by atoms with Crippen LogP contribution in [0.1, 0.15) is 0 Å². The molecule has 0 aliphatic carbocycles. The summed E-state index contributed by atoms with van der Waals surface area (Å²) in [6.07, 6.45) is 0. The van der Waals surface area contributed by atoms with Gasteiger partial charge in [0.25, 0.3) is 0 Å². The number of nitrogens with zero attached hydrogens (tertiary/aromatic N) is 1. The summed E-state index contributed by atoms with van der Waals surface area (Å²) in [6.45, 7) is 0. The predicted octanol–water partition coefficient (Wildman–Crippen LogP) is 0.654. The molecule has 4 N–H and O–H groups in total. The van der Waals surface area contributed by atoms with Gasteiger partial charge in [-0.25, -0.2) is 0 Å². The first-order chi connectivity index (χ1) is 1.41. The first-order valence-corrected chi connectivity index (χ1v) is 0.836. The number of hydrogen-bond acceptors (Lipinski definition) is 1. The van der Waals surface area contributed by atoms with Gasteiger partial charge < -0.3 is 11.6 Å². The molecule has 0 aliphatic rings. The van der Waals surface area contributed by atoms with Gasteiger partial charge in [0, 0.05) is 51.4 Å². The Balaban J connectivity index is -0.0000000200. The summed E-state index contributed by atoms with van der Waals surface area (Å²) in [5.41, 5.74) is 0. The van der Waals surface area contributed by atoms with Gasteiger partial charge in [-0.1, -0.05) is 12.2 Å². The van der Waals surface area contributed by atoms with Crippen molar-refractivity contribution in [1.82, 2.24) is 6.15 Å². The second kappa shape index (κ2) is 18.2. The Morgan fingerprint density at radius 3 is 1.60 bits per heavy atom. The van der Waals surface area contributed by atoms with E-state index in [0.29, 0.717) is 0 Å². The van der Waals surface area contributed by atoms with E-state index in [2.05, 4.69) is 12.2 Å². The topological polar surface area (TPSA) is 58.8 Å². The van der Waals surface area contributed by atoms with E-state index in [1.807, 2.05) is 0 Å². The van der Waals surface area contributed by atoms with Gasteiger partial charge >= 0.3 is 0 Å². The van der Waals surface area contributed by atoms with Gasteiger partial charge in [0.1, 0.15) is 0 Å². The molecule has 0 atom stereocenters. The molecule has 4 heteroatoms. The summed E-state index contributed by atoms with van der Waals surface area (Å²) in [7, 11) is 0. The predicted molar refractivity (Wildman–Crippen MR) is 27.7 cm³/mol. The van der Waals surface area contributed by atoms with Crippen LogP contribution in [0, 0.1) is 0 Å². The van der Waals surface area contributed by atoms with E-state index in [1.165, 1.54) is 5.16 Å². The Morgan fingerprint density at radius 2 is 1.60 bits per heavy atom. The van der Waals surface area contributed by atoms with E-state index in [0.717, 1.165) is 0 Å². The largest absolute Gasteiger partial charge is 0.753 e. The minimum Gasteiger partial charge on any atom is -0.753 e. The van der Waals surface area contributed by atoms with E-state index in [9.17, 15) is 0 Å². The molecule has 0 aromatic heterocycles. The SMILES string of the molecule is [K].[N-]=C=S.[NH4+]. The average molecular weight is 115 g/mol. The third-order valence-electron chi connectivity index (χ3n) is 0. The fraction of sp³-hybridized carbons (Fsp3) is 0. The minimum atomic E-state index is 0. The molecule has 0 aromatic rings. The number of quaternary nitrogens is 1. The molecular formula is CH4KN2S. The zero-order valence-corrected chi connectivity index (χ0v) is 7.30. The molecule has 0 bridgehead atoms. The van der Waals surface area contributed by atoms with Crippen molar-refractivity contribution in [3.05, 3.63) is 5.41 Å². The molecule has 0 aliphatic heterocycles. The van der Waals surface area contributed by atoms with Crippen LogP contribution in [0.3, 0.4) is 0 Å². The molecule has 0 fully saturated rings. The standard InChI is InChI=1S/CNS.K.H3N/c2-1-3;;/h;;1H3/q-1;;/p+1.